The first-order chi connectivity index (χ1) is 15.5. The van der Waals surface area contributed by atoms with Crippen LogP contribution in [0.15, 0.2) is 83.8 Å². The molecule has 1 aliphatic rings. The normalized spacial score (nSPS) is 14.8. The molecule has 0 saturated carbocycles. The number of sulfonamides is 1. The van der Waals surface area contributed by atoms with Gasteiger partial charge in [-0.25, -0.2) is 8.42 Å². The maximum absolute atomic E-state index is 12.5. The van der Waals surface area contributed by atoms with E-state index >= 15 is 0 Å². The highest BCUT2D eigenvalue weighted by atomic mass is 32.2. The Balaban J connectivity index is 1.29. The van der Waals surface area contributed by atoms with Crippen LogP contribution >= 0.6 is 0 Å². The third-order valence-corrected chi connectivity index (χ3v) is 7.20. The van der Waals surface area contributed by atoms with Gasteiger partial charge in [-0.05, 0) is 55.3 Å². The molecule has 0 bridgehead atoms. The summed E-state index contributed by atoms with van der Waals surface area (Å²) in [6, 6.07) is 24.6. The van der Waals surface area contributed by atoms with Gasteiger partial charge in [0.05, 0.1) is 12.0 Å². The molecule has 2 N–H and O–H groups in total. The molecular weight excluding hydrogens is 422 g/mol. The fourth-order valence-electron chi connectivity index (χ4n) is 4.00. The van der Waals surface area contributed by atoms with Crippen molar-refractivity contribution in [2.75, 3.05) is 29.8 Å². The zero-order chi connectivity index (χ0) is 22.4. The van der Waals surface area contributed by atoms with Crippen LogP contribution in [-0.4, -0.2) is 34.7 Å². The summed E-state index contributed by atoms with van der Waals surface area (Å²) in [7, 11) is -1.87. The zero-order valence-electron chi connectivity index (χ0n) is 18.2. The molecule has 1 saturated heterocycles. The number of ether oxygens (including phenoxy) is 1. The molecule has 0 aliphatic carbocycles. The van der Waals surface area contributed by atoms with E-state index in [4.69, 9.17) is 4.74 Å². The maximum Gasteiger partial charge on any atom is 0.261 e. The first-order valence-corrected chi connectivity index (χ1v) is 12.3. The van der Waals surface area contributed by atoms with Crippen molar-refractivity contribution in [2.45, 2.75) is 30.3 Å². The van der Waals surface area contributed by atoms with Gasteiger partial charge < -0.3 is 15.0 Å². The predicted molar refractivity (Wildman–Crippen MR) is 129 cm³/mol. The number of hydrogen-bond acceptors (Lipinski definition) is 5. The third-order valence-electron chi connectivity index (χ3n) is 5.81. The Bertz CT molecular complexity index is 1110. The van der Waals surface area contributed by atoms with E-state index in [0.717, 1.165) is 43.9 Å². The Morgan fingerprint density at radius 1 is 0.906 bits per heavy atom. The van der Waals surface area contributed by atoms with Crippen LogP contribution in [0.2, 0.25) is 0 Å². The van der Waals surface area contributed by atoms with Gasteiger partial charge in [-0.3, -0.25) is 4.72 Å². The number of nitrogens with zero attached hydrogens (tertiary/aromatic N) is 1. The lowest BCUT2D eigenvalue weighted by atomic mass is 10.0. The standard InChI is InChI=1S/C25H29N3O3S/c1-31-25-10-6-5-7-20(25)19-26-21-15-17-28(18-16-21)23-13-11-22(12-14-23)27-32(29,30)24-8-3-2-4-9-24/h2-14,21,26-27H,15-19H2,1H3. The number of anilines is 2. The second-order valence-electron chi connectivity index (χ2n) is 7.92. The molecular formula is C25H29N3O3S. The van der Waals surface area contributed by atoms with Gasteiger partial charge >= 0.3 is 0 Å². The Morgan fingerprint density at radius 3 is 2.25 bits per heavy atom. The lowest BCUT2D eigenvalue weighted by Gasteiger charge is -2.34. The molecule has 4 rings (SSSR count). The lowest BCUT2D eigenvalue weighted by molar-refractivity contribution is 0.391. The average Bonchev–Trinajstić information content (AvgIpc) is 2.84. The molecule has 1 fully saturated rings. The fraction of sp³-hybridized carbons (Fsp3) is 0.280. The molecule has 6 nitrogen and oxygen atoms in total. The summed E-state index contributed by atoms with van der Waals surface area (Å²) in [5.74, 6) is 0.917. The van der Waals surface area contributed by atoms with Crippen molar-refractivity contribution in [3.05, 3.63) is 84.4 Å². The largest absolute Gasteiger partial charge is 0.496 e. The van der Waals surface area contributed by atoms with Crippen LogP contribution in [0, 0.1) is 0 Å². The molecule has 0 unspecified atom stereocenters. The second-order valence-corrected chi connectivity index (χ2v) is 9.60. The van der Waals surface area contributed by atoms with Gasteiger partial charge in [0, 0.05) is 42.6 Å². The van der Waals surface area contributed by atoms with Gasteiger partial charge in [-0.15, -0.1) is 0 Å². The van der Waals surface area contributed by atoms with Crippen molar-refractivity contribution < 1.29 is 13.2 Å². The van der Waals surface area contributed by atoms with E-state index < -0.39 is 10.0 Å². The molecule has 0 amide bonds. The average molecular weight is 452 g/mol. The summed E-state index contributed by atoms with van der Waals surface area (Å²) in [5.41, 5.74) is 2.84. The molecule has 1 aliphatic heterocycles. The number of benzene rings is 3. The van der Waals surface area contributed by atoms with E-state index in [0.29, 0.717) is 11.7 Å². The number of para-hydroxylation sites is 1. The van der Waals surface area contributed by atoms with Crippen LogP contribution in [0.3, 0.4) is 0 Å². The van der Waals surface area contributed by atoms with Gasteiger partial charge in [0.1, 0.15) is 5.75 Å². The Labute approximate surface area is 190 Å². The molecule has 1 heterocycles. The summed E-state index contributed by atoms with van der Waals surface area (Å²) in [6.07, 6.45) is 2.11. The van der Waals surface area contributed by atoms with E-state index in [1.807, 2.05) is 42.5 Å². The van der Waals surface area contributed by atoms with Gasteiger partial charge in [0.25, 0.3) is 10.0 Å². The third kappa shape index (κ3) is 5.41. The number of nitrogens with one attached hydrogen (secondary N) is 2. The first kappa shape index (κ1) is 22.2. The fourth-order valence-corrected chi connectivity index (χ4v) is 5.08. The van der Waals surface area contributed by atoms with Crippen molar-refractivity contribution in [3.8, 4) is 5.75 Å². The highest BCUT2D eigenvalue weighted by Crippen LogP contribution is 2.24. The maximum atomic E-state index is 12.5. The summed E-state index contributed by atoms with van der Waals surface area (Å²) in [6.45, 7) is 2.71. The van der Waals surface area contributed by atoms with E-state index in [1.54, 1.807) is 37.4 Å². The van der Waals surface area contributed by atoms with Gasteiger partial charge in [0.15, 0.2) is 0 Å². The summed E-state index contributed by atoms with van der Waals surface area (Å²) >= 11 is 0. The molecule has 3 aromatic carbocycles. The van der Waals surface area contributed by atoms with Crippen molar-refractivity contribution >= 4 is 21.4 Å². The Kier molecular flexibility index (Phi) is 6.97. The van der Waals surface area contributed by atoms with Crippen LogP contribution in [0.5, 0.6) is 5.75 Å². The minimum atomic E-state index is -3.57. The molecule has 0 aromatic heterocycles. The Hall–Kier alpha value is -3.03. The number of hydrogen-bond donors (Lipinski definition) is 2. The predicted octanol–water partition coefficient (Wildman–Crippen LogP) is 4.25. The summed E-state index contributed by atoms with van der Waals surface area (Å²) in [4.78, 5) is 2.60. The van der Waals surface area contributed by atoms with Crippen LogP contribution < -0.4 is 19.7 Å². The van der Waals surface area contributed by atoms with Crippen molar-refractivity contribution in [1.82, 2.24) is 5.32 Å². The van der Waals surface area contributed by atoms with Crippen molar-refractivity contribution in [3.63, 3.8) is 0 Å². The molecule has 0 radical (unpaired) electrons. The molecule has 3 aromatic rings. The molecule has 7 heteroatoms. The van der Waals surface area contributed by atoms with Gasteiger partial charge in [-0.2, -0.15) is 0 Å². The second kappa shape index (κ2) is 10.1. The van der Waals surface area contributed by atoms with Gasteiger partial charge in [0.2, 0.25) is 0 Å². The van der Waals surface area contributed by atoms with E-state index in [1.165, 1.54) is 5.56 Å². The molecule has 0 atom stereocenters. The summed E-state index contributed by atoms with van der Waals surface area (Å²) in [5, 5.41) is 3.65. The molecule has 32 heavy (non-hydrogen) atoms. The molecule has 0 spiro atoms. The number of methoxy groups -OCH3 is 1. The highest BCUT2D eigenvalue weighted by molar-refractivity contribution is 7.92. The zero-order valence-corrected chi connectivity index (χ0v) is 19.0. The van der Waals surface area contributed by atoms with Crippen molar-refractivity contribution in [2.24, 2.45) is 0 Å². The first-order valence-electron chi connectivity index (χ1n) is 10.8. The van der Waals surface area contributed by atoms with E-state index in [9.17, 15) is 8.42 Å². The number of piperidine rings is 1. The monoisotopic (exact) mass is 451 g/mol. The van der Waals surface area contributed by atoms with E-state index in [2.05, 4.69) is 21.0 Å². The Morgan fingerprint density at radius 2 is 1.56 bits per heavy atom. The molecule has 168 valence electrons. The minimum Gasteiger partial charge on any atom is -0.496 e. The van der Waals surface area contributed by atoms with Crippen LogP contribution in [0.1, 0.15) is 18.4 Å². The quantitative estimate of drug-likeness (QED) is 0.536. The minimum absolute atomic E-state index is 0.256. The van der Waals surface area contributed by atoms with Gasteiger partial charge in [-0.1, -0.05) is 36.4 Å². The summed E-state index contributed by atoms with van der Waals surface area (Å²) < 4.78 is 33.1. The van der Waals surface area contributed by atoms with Crippen LogP contribution in [0.25, 0.3) is 0 Å². The van der Waals surface area contributed by atoms with Crippen LogP contribution in [0.4, 0.5) is 11.4 Å². The highest BCUT2D eigenvalue weighted by Gasteiger charge is 2.20. The lowest BCUT2D eigenvalue weighted by Crippen LogP contribution is -2.42. The van der Waals surface area contributed by atoms with Crippen molar-refractivity contribution in [1.29, 1.82) is 0 Å². The number of rotatable bonds is 8. The van der Waals surface area contributed by atoms with E-state index in [-0.39, 0.29) is 4.90 Å². The SMILES string of the molecule is COc1ccccc1CNC1CCN(c2ccc(NS(=O)(=O)c3ccccc3)cc2)CC1. The van der Waals surface area contributed by atoms with Crippen LogP contribution in [-0.2, 0) is 16.6 Å². The topological polar surface area (TPSA) is 70.7 Å². The smallest absolute Gasteiger partial charge is 0.261 e.